The number of nitrogens with zero attached hydrogens (tertiary/aromatic N) is 1. The third kappa shape index (κ3) is 3.05. The smallest absolute Gasteiger partial charge is 0.338 e. The summed E-state index contributed by atoms with van der Waals surface area (Å²) in [5, 5.41) is 3.33. The molecule has 0 aromatic heterocycles. The molecule has 2 aliphatic heterocycles. The van der Waals surface area contributed by atoms with Crippen molar-refractivity contribution in [2.45, 2.75) is 12.6 Å². The molecule has 1 N–H and O–H groups in total. The van der Waals surface area contributed by atoms with E-state index in [1.165, 1.54) is 12.1 Å². The number of hydrogen-bond donors (Lipinski definition) is 1. The average Bonchev–Trinajstić information content (AvgIpc) is 2.45. The summed E-state index contributed by atoms with van der Waals surface area (Å²) >= 11 is 0. The van der Waals surface area contributed by atoms with Gasteiger partial charge < -0.3 is 10.2 Å². The van der Waals surface area contributed by atoms with Crippen molar-refractivity contribution in [2.75, 3.05) is 26.2 Å². The molecule has 1 amide bonds. The number of hydrogen-bond acceptors (Lipinski definition) is 2. The van der Waals surface area contributed by atoms with Crippen LogP contribution in [0.5, 0.6) is 0 Å². The van der Waals surface area contributed by atoms with Gasteiger partial charge in [-0.2, -0.15) is 13.2 Å². The van der Waals surface area contributed by atoms with Crippen LogP contribution < -0.4 is 5.32 Å². The molecule has 3 rings (SSSR count). The molecule has 0 radical (unpaired) electrons. The molecule has 2 fully saturated rings. The number of amides is 1. The number of carbonyl (C=O) groups is 1. The lowest BCUT2D eigenvalue weighted by Gasteiger charge is -2.41. The number of benzene rings is 1. The van der Waals surface area contributed by atoms with Crippen LogP contribution in [0.15, 0.2) is 24.3 Å². The fourth-order valence-corrected chi connectivity index (χ4v) is 3.28. The van der Waals surface area contributed by atoms with Gasteiger partial charge in [0.2, 0.25) is 0 Å². The molecule has 2 aliphatic rings. The molecule has 1 aromatic carbocycles. The molecule has 0 aliphatic carbocycles. The van der Waals surface area contributed by atoms with E-state index < -0.39 is 11.7 Å². The van der Waals surface area contributed by atoms with Crippen LogP contribution in [-0.2, 0) is 6.18 Å². The molecule has 0 unspecified atom stereocenters. The Morgan fingerprint density at radius 3 is 2.48 bits per heavy atom. The van der Waals surface area contributed by atoms with Crippen molar-refractivity contribution in [3.8, 4) is 0 Å². The molecule has 2 heterocycles. The van der Waals surface area contributed by atoms with Gasteiger partial charge in [0.05, 0.1) is 5.56 Å². The van der Waals surface area contributed by atoms with Gasteiger partial charge in [-0.25, -0.2) is 0 Å². The third-order valence-electron chi connectivity index (χ3n) is 4.21. The Kier molecular flexibility index (Phi) is 3.65. The normalized spacial score (nSPS) is 25.8. The lowest BCUT2D eigenvalue weighted by Crippen LogP contribution is -2.52. The van der Waals surface area contributed by atoms with Crippen molar-refractivity contribution in [1.29, 1.82) is 0 Å². The number of rotatable bonds is 1. The Hall–Kier alpha value is -1.56. The minimum atomic E-state index is -4.42. The van der Waals surface area contributed by atoms with Gasteiger partial charge in [0.15, 0.2) is 0 Å². The van der Waals surface area contributed by atoms with Gasteiger partial charge in [-0.15, -0.1) is 0 Å². The molecule has 1 aromatic rings. The molecule has 21 heavy (non-hydrogen) atoms. The number of nitrogens with one attached hydrogen (secondary N) is 1. The maximum atomic E-state index is 12.7. The lowest BCUT2D eigenvalue weighted by molar-refractivity contribution is -0.137. The Balaban J connectivity index is 1.79. The molecule has 0 spiro atoms. The van der Waals surface area contributed by atoms with E-state index in [1.54, 1.807) is 4.90 Å². The van der Waals surface area contributed by atoms with Gasteiger partial charge in [-0.05, 0) is 49.5 Å². The average molecular weight is 298 g/mol. The van der Waals surface area contributed by atoms with E-state index in [2.05, 4.69) is 5.32 Å². The van der Waals surface area contributed by atoms with Gasteiger partial charge in [0, 0.05) is 18.7 Å². The molecule has 2 saturated heterocycles. The molecule has 2 atom stereocenters. The summed E-state index contributed by atoms with van der Waals surface area (Å²) in [5.74, 6) is 0.525. The maximum Gasteiger partial charge on any atom is 0.416 e. The summed E-state index contributed by atoms with van der Waals surface area (Å²) in [6, 6.07) is 4.69. The number of piperidine rings is 2. The monoisotopic (exact) mass is 298 g/mol. The summed E-state index contributed by atoms with van der Waals surface area (Å²) in [7, 11) is 0. The number of carbonyl (C=O) groups excluding carboxylic acids is 1. The number of halogens is 3. The fraction of sp³-hybridized carbons (Fsp3) is 0.533. The van der Waals surface area contributed by atoms with Crippen LogP contribution in [-0.4, -0.2) is 37.0 Å². The Morgan fingerprint density at radius 2 is 1.86 bits per heavy atom. The maximum absolute atomic E-state index is 12.7. The van der Waals surface area contributed by atoms with E-state index in [0.717, 1.165) is 31.6 Å². The number of alkyl halides is 3. The first kappa shape index (κ1) is 14.4. The summed E-state index contributed by atoms with van der Waals surface area (Å²) in [5.41, 5.74) is -0.648. The van der Waals surface area contributed by atoms with Crippen LogP contribution in [0.1, 0.15) is 22.3 Å². The van der Waals surface area contributed by atoms with Crippen LogP contribution in [0.25, 0.3) is 0 Å². The summed E-state index contributed by atoms with van der Waals surface area (Å²) < 4.78 is 38.2. The van der Waals surface area contributed by atoms with Crippen LogP contribution in [0.2, 0.25) is 0 Å². The third-order valence-corrected chi connectivity index (χ3v) is 4.21. The standard InChI is InChI=1S/C15H17F3N2O/c16-15(17,18)13-3-1-2-12(5-13)14(21)20-8-10-4-11(9-20)7-19-6-10/h1-3,5,10-11,19H,4,6-9H2/t10-,11+. The zero-order valence-electron chi connectivity index (χ0n) is 11.5. The summed E-state index contributed by atoms with van der Waals surface area (Å²) in [6.45, 7) is 3.00. The summed E-state index contributed by atoms with van der Waals surface area (Å²) in [4.78, 5) is 14.2. The molecule has 114 valence electrons. The molecule has 6 heteroatoms. The van der Waals surface area contributed by atoms with Crippen LogP contribution in [0.4, 0.5) is 13.2 Å². The number of fused-ring (bicyclic) bond motifs is 2. The van der Waals surface area contributed by atoms with E-state index in [-0.39, 0.29) is 11.5 Å². The highest BCUT2D eigenvalue weighted by Crippen LogP contribution is 2.30. The second-order valence-corrected chi connectivity index (χ2v) is 5.91. The first-order chi connectivity index (χ1) is 9.93. The van der Waals surface area contributed by atoms with E-state index >= 15 is 0 Å². The largest absolute Gasteiger partial charge is 0.416 e. The highest BCUT2D eigenvalue weighted by atomic mass is 19.4. The van der Waals surface area contributed by atoms with Crippen LogP contribution >= 0.6 is 0 Å². The second-order valence-electron chi connectivity index (χ2n) is 5.91. The van der Waals surface area contributed by atoms with E-state index in [4.69, 9.17) is 0 Å². The Bertz CT molecular complexity index is 532. The van der Waals surface area contributed by atoms with Crippen molar-refractivity contribution in [1.82, 2.24) is 10.2 Å². The Labute approximate surface area is 121 Å². The molecule has 3 nitrogen and oxygen atoms in total. The van der Waals surface area contributed by atoms with E-state index in [0.29, 0.717) is 24.9 Å². The van der Waals surface area contributed by atoms with Crippen molar-refractivity contribution in [2.24, 2.45) is 11.8 Å². The zero-order valence-corrected chi connectivity index (χ0v) is 11.5. The minimum Gasteiger partial charge on any atom is -0.338 e. The van der Waals surface area contributed by atoms with Gasteiger partial charge >= 0.3 is 6.18 Å². The van der Waals surface area contributed by atoms with Crippen molar-refractivity contribution >= 4 is 5.91 Å². The molecule has 2 bridgehead atoms. The first-order valence-electron chi connectivity index (χ1n) is 7.11. The fourth-order valence-electron chi connectivity index (χ4n) is 3.28. The van der Waals surface area contributed by atoms with Gasteiger partial charge in [-0.1, -0.05) is 6.07 Å². The van der Waals surface area contributed by atoms with Crippen molar-refractivity contribution in [3.63, 3.8) is 0 Å². The molecular weight excluding hydrogens is 281 g/mol. The van der Waals surface area contributed by atoms with Gasteiger partial charge in [0.25, 0.3) is 5.91 Å². The van der Waals surface area contributed by atoms with Crippen LogP contribution in [0, 0.1) is 11.8 Å². The van der Waals surface area contributed by atoms with Crippen molar-refractivity contribution in [3.05, 3.63) is 35.4 Å². The molecular formula is C15H17F3N2O. The number of likely N-dealkylation sites (tertiary alicyclic amines) is 1. The topological polar surface area (TPSA) is 32.3 Å². The predicted octanol–water partition coefficient (Wildman–Crippen LogP) is 2.39. The van der Waals surface area contributed by atoms with Crippen LogP contribution in [0.3, 0.4) is 0 Å². The highest BCUT2D eigenvalue weighted by molar-refractivity contribution is 5.94. The Morgan fingerprint density at radius 1 is 1.19 bits per heavy atom. The lowest BCUT2D eigenvalue weighted by atomic mass is 9.85. The van der Waals surface area contributed by atoms with E-state index in [9.17, 15) is 18.0 Å². The van der Waals surface area contributed by atoms with Gasteiger partial charge in [-0.3, -0.25) is 4.79 Å². The highest BCUT2D eigenvalue weighted by Gasteiger charge is 2.34. The molecule has 0 saturated carbocycles. The predicted molar refractivity (Wildman–Crippen MR) is 71.8 cm³/mol. The minimum absolute atomic E-state index is 0.123. The van der Waals surface area contributed by atoms with Crippen molar-refractivity contribution < 1.29 is 18.0 Å². The quantitative estimate of drug-likeness (QED) is 0.863. The second kappa shape index (κ2) is 5.33. The first-order valence-corrected chi connectivity index (χ1v) is 7.11. The SMILES string of the molecule is O=C(c1cccc(C(F)(F)F)c1)N1C[C@@H]2CNC[C@@H](C2)C1. The summed E-state index contributed by atoms with van der Waals surface area (Å²) in [6.07, 6.45) is -3.32. The van der Waals surface area contributed by atoms with Gasteiger partial charge in [0.1, 0.15) is 0 Å². The van der Waals surface area contributed by atoms with E-state index in [1.807, 2.05) is 0 Å². The zero-order chi connectivity index (χ0) is 15.0.